The Kier molecular flexibility index (Phi) is 5.34. The summed E-state index contributed by atoms with van der Waals surface area (Å²) in [5.41, 5.74) is 2.74. The molecule has 0 bridgehead atoms. The molecule has 2 aromatic carbocycles. The lowest BCUT2D eigenvalue weighted by Gasteiger charge is -2.11. The SMILES string of the molecule is Cc1cc(C(=O)NCCCn2ccc3ccccc32)cc(S(N)(=O)=O)c1C. The first-order valence-corrected chi connectivity index (χ1v) is 10.3. The smallest absolute Gasteiger partial charge is 0.251 e. The summed E-state index contributed by atoms with van der Waals surface area (Å²) in [5.74, 6) is -0.305. The number of hydrogen-bond acceptors (Lipinski definition) is 3. The van der Waals surface area contributed by atoms with Crippen molar-refractivity contribution in [1.29, 1.82) is 0 Å². The van der Waals surface area contributed by atoms with Crippen LogP contribution in [0.4, 0.5) is 0 Å². The Morgan fingerprint density at radius 3 is 2.63 bits per heavy atom. The molecule has 142 valence electrons. The first kappa shape index (κ1) is 19.1. The fraction of sp³-hybridized carbons (Fsp3) is 0.250. The third-order valence-corrected chi connectivity index (χ3v) is 5.77. The average Bonchev–Trinajstić information content (AvgIpc) is 3.03. The van der Waals surface area contributed by atoms with Gasteiger partial charge in [0.2, 0.25) is 10.0 Å². The van der Waals surface area contributed by atoms with E-state index in [-0.39, 0.29) is 10.8 Å². The molecule has 3 aromatic rings. The van der Waals surface area contributed by atoms with Crippen LogP contribution >= 0.6 is 0 Å². The first-order chi connectivity index (χ1) is 12.8. The molecule has 27 heavy (non-hydrogen) atoms. The lowest BCUT2D eigenvalue weighted by atomic mass is 10.1. The van der Waals surface area contributed by atoms with E-state index in [0.717, 1.165) is 18.5 Å². The zero-order valence-electron chi connectivity index (χ0n) is 15.4. The summed E-state index contributed by atoms with van der Waals surface area (Å²) in [6.07, 6.45) is 2.80. The largest absolute Gasteiger partial charge is 0.352 e. The number of nitrogens with two attached hydrogens (primary N) is 1. The number of amides is 1. The van der Waals surface area contributed by atoms with Crippen LogP contribution in [-0.4, -0.2) is 25.4 Å². The van der Waals surface area contributed by atoms with Gasteiger partial charge in [0.25, 0.3) is 5.91 Å². The standard InChI is InChI=1S/C20H23N3O3S/c1-14-12-17(13-19(15(14)2)27(21,25)26)20(24)22-9-5-10-23-11-8-16-6-3-4-7-18(16)23/h3-4,6-8,11-13H,5,9-10H2,1-2H3,(H,22,24)(H2,21,25,26). The number of primary sulfonamides is 1. The van der Waals surface area contributed by atoms with E-state index in [9.17, 15) is 13.2 Å². The number of aromatic nitrogens is 1. The Balaban J connectivity index is 1.64. The molecule has 0 atom stereocenters. The molecule has 0 spiro atoms. The molecule has 3 N–H and O–H groups in total. The van der Waals surface area contributed by atoms with Crippen LogP contribution in [0.2, 0.25) is 0 Å². The third-order valence-electron chi connectivity index (χ3n) is 4.73. The number of carbonyl (C=O) groups is 1. The first-order valence-electron chi connectivity index (χ1n) is 8.73. The van der Waals surface area contributed by atoms with Crippen LogP contribution in [0.1, 0.15) is 27.9 Å². The predicted octanol–water partition coefficient (Wildman–Crippen LogP) is 2.73. The molecule has 0 unspecified atom stereocenters. The molecular weight excluding hydrogens is 362 g/mol. The Morgan fingerprint density at radius 1 is 1.15 bits per heavy atom. The van der Waals surface area contributed by atoms with Crippen molar-refractivity contribution in [2.24, 2.45) is 5.14 Å². The number of nitrogens with one attached hydrogen (secondary N) is 1. The minimum Gasteiger partial charge on any atom is -0.352 e. The number of para-hydroxylation sites is 1. The fourth-order valence-corrected chi connectivity index (χ4v) is 4.02. The van der Waals surface area contributed by atoms with Crippen LogP contribution in [-0.2, 0) is 16.6 Å². The second-order valence-corrected chi connectivity index (χ2v) is 8.17. The zero-order chi connectivity index (χ0) is 19.6. The van der Waals surface area contributed by atoms with Crippen LogP contribution in [0.3, 0.4) is 0 Å². The second-order valence-electron chi connectivity index (χ2n) is 6.64. The van der Waals surface area contributed by atoms with E-state index in [1.54, 1.807) is 19.9 Å². The second kappa shape index (κ2) is 7.54. The van der Waals surface area contributed by atoms with Crippen LogP contribution in [0, 0.1) is 13.8 Å². The normalized spacial score (nSPS) is 11.7. The van der Waals surface area contributed by atoms with Crippen molar-refractivity contribution >= 4 is 26.8 Å². The van der Waals surface area contributed by atoms with E-state index >= 15 is 0 Å². The molecule has 0 saturated heterocycles. The highest BCUT2D eigenvalue weighted by Crippen LogP contribution is 2.20. The average molecular weight is 385 g/mol. The number of aryl methyl sites for hydroxylation is 2. The molecule has 0 aliphatic carbocycles. The quantitative estimate of drug-likeness (QED) is 0.639. The predicted molar refractivity (Wildman–Crippen MR) is 106 cm³/mol. The number of carbonyl (C=O) groups excluding carboxylic acids is 1. The summed E-state index contributed by atoms with van der Waals surface area (Å²) >= 11 is 0. The Labute approximate surface area is 159 Å². The maximum absolute atomic E-state index is 12.4. The summed E-state index contributed by atoms with van der Waals surface area (Å²) in [4.78, 5) is 12.4. The Morgan fingerprint density at radius 2 is 1.89 bits per heavy atom. The number of fused-ring (bicyclic) bond motifs is 1. The molecular formula is C20H23N3O3S. The summed E-state index contributed by atoms with van der Waals surface area (Å²) in [6, 6.07) is 13.2. The van der Waals surface area contributed by atoms with Crippen molar-refractivity contribution in [3.05, 3.63) is 65.4 Å². The highest BCUT2D eigenvalue weighted by atomic mass is 32.2. The van der Waals surface area contributed by atoms with Crippen molar-refractivity contribution in [2.45, 2.75) is 31.7 Å². The van der Waals surface area contributed by atoms with E-state index < -0.39 is 10.0 Å². The molecule has 6 nitrogen and oxygen atoms in total. The molecule has 7 heteroatoms. The summed E-state index contributed by atoms with van der Waals surface area (Å²) in [7, 11) is -3.87. The minimum absolute atomic E-state index is 0.00791. The van der Waals surface area contributed by atoms with Gasteiger partial charge in [-0.25, -0.2) is 13.6 Å². The van der Waals surface area contributed by atoms with E-state index in [0.29, 0.717) is 23.2 Å². The van der Waals surface area contributed by atoms with Gasteiger partial charge in [0, 0.05) is 30.4 Å². The van der Waals surface area contributed by atoms with Gasteiger partial charge < -0.3 is 9.88 Å². The number of rotatable bonds is 6. The molecule has 1 aromatic heterocycles. The van der Waals surface area contributed by atoms with Crippen molar-refractivity contribution in [3.8, 4) is 0 Å². The Hall–Kier alpha value is -2.64. The highest BCUT2D eigenvalue weighted by molar-refractivity contribution is 7.89. The van der Waals surface area contributed by atoms with Gasteiger partial charge in [0.15, 0.2) is 0 Å². The van der Waals surface area contributed by atoms with Crippen molar-refractivity contribution in [2.75, 3.05) is 6.54 Å². The zero-order valence-corrected chi connectivity index (χ0v) is 16.2. The fourth-order valence-electron chi connectivity index (χ4n) is 3.14. The van der Waals surface area contributed by atoms with Gasteiger partial charge >= 0.3 is 0 Å². The van der Waals surface area contributed by atoms with Gasteiger partial charge in [-0.15, -0.1) is 0 Å². The number of hydrogen-bond donors (Lipinski definition) is 2. The molecule has 0 aliphatic rings. The van der Waals surface area contributed by atoms with E-state index in [2.05, 4.69) is 28.1 Å². The number of nitrogens with zero attached hydrogens (tertiary/aromatic N) is 1. The lowest BCUT2D eigenvalue weighted by molar-refractivity contribution is 0.0952. The van der Waals surface area contributed by atoms with Gasteiger partial charge in [-0.3, -0.25) is 4.79 Å². The van der Waals surface area contributed by atoms with E-state index in [1.165, 1.54) is 11.5 Å². The van der Waals surface area contributed by atoms with Gasteiger partial charge in [0.1, 0.15) is 0 Å². The minimum atomic E-state index is -3.87. The Bertz CT molecular complexity index is 1100. The number of sulfonamides is 1. The maximum atomic E-state index is 12.4. The topological polar surface area (TPSA) is 94.2 Å². The van der Waals surface area contributed by atoms with Crippen molar-refractivity contribution in [3.63, 3.8) is 0 Å². The molecule has 0 fully saturated rings. The van der Waals surface area contributed by atoms with Crippen molar-refractivity contribution in [1.82, 2.24) is 9.88 Å². The lowest BCUT2D eigenvalue weighted by Crippen LogP contribution is -2.26. The van der Waals surface area contributed by atoms with E-state index in [1.807, 2.05) is 18.3 Å². The van der Waals surface area contributed by atoms with Crippen molar-refractivity contribution < 1.29 is 13.2 Å². The van der Waals surface area contributed by atoms with Gasteiger partial charge in [-0.1, -0.05) is 18.2 Å². The molecule has 0 aliphatic heterocycles. The monoisotopic (exact) mass is 385 g/mol. The highest BCUT2D eigenvalue weighted by Gasteiger charge is 2.17. The summed E-state index contributed by atoms with van der Waals surface area (Å²) in [5, 5.41) is 9.29. The number of benzene rings is 2. The molecule has 3 rings (SSSR count). The maximum Gasteiger partial charge on any atom is 0.251 e. The van der Waals surface area contributed by atoms with Gasteiger partial charge in [-0.05, 0) is 61.0 Å². The van der Waals surface area contributed by atoms with Crippen LogP contribution in [0.5, 0.6) is 0 Å². The molecule has 0 saturated carbocycles. The van der Waals surface area contributed by atoms with Gasteiger partial charge in [0.05, 0.1) is 4.90 Å². The molecule has 1 amide bonds. The third kappa shape index (κ3) is 4.20. The summed E-state index contributed by atoms with van der Waals surface area (Å²) < 4.78 is 25.6. The van der Waals surface area contributed by atoms with Crippen LogP contribution < -0.4 is 10.5 Å². The van der Waals surface area contributed by atoms with Crippen LogP contribution in [0.15, 0.2) is 53.6 Å². The summed E-state index contributed by atoms with van der Waals surface area (Å²) in [6.45, 7) is 4.71. The molecule has 1 heterocycles. The van der Waals surface area contributed by atoms with Crippen LogP contribution in [0.25, 0.3) is 10.9 Å². The molecule has 0 radical (unpaired) electrons. The van der Waals surface area contributed by atoms with E-state index in [4.69, 9.17) is 5.14 Å². The van der Waals surface area contributed by atoms with Gasteiger partial charge in [-0.2, -0.15) is 0 Å².